The van der Waals surface area contributed by atoms with Gasteiger partial charge in [-0.05, 0) is 24.5 Å². The van der Waals surface area contributed by atoms with Crippen LogP contribution in [-0.4, -0.2) is 30.4 Å². The topological polar surface area (TPSA) is 41.5 Å². The Morgan fingerprint density at radius 3 is 2.88 bits per heavy atom. The number of para-hydroxylation sites is 1. The molecular formula is C14H21NO2. The van der Waals surface area contributed by atoms with Crippen molar-refractivity contribution in [3.8, 4) is 5.75 Å². The van der Waals surface area contributed by atoms with Gasteiger partial charge in [0, 0.05) is 25.6 Å². The van der Waals surface area contributed by atoms with Crippen molar-refractivity contribution < 1.29 is 9.84 Å². The van der Waals surface area contributed by atoms with Crippen LogP contribution < -0.4 is 10.1 Å². The minimum Gasteiger partial charge on any atom is -0.488 e. The van der Waals surface area contributed by atoms with E-state index in [-0.39, 0.29) is 18.6 Å². The maximum absolute atomic E-state index is 9.07. The van der Waals surface area contributed by atoms with E-state index >= 15 is 0 Å². The molecule has 1 heterocycles. The third-order valence-electron chi connectivity index (χ3n) is 3.52. The molecule has 0 saturated heterocycles. The van der Waals surface area contributed by atoms with Crippen molar-refractivity contribution >= 4 is 0 Å². The number of rotatable bonds is 5. The molecule has 0 fully saturated rings. The van der Waals surface area contributed by atoms with Gasteiger partial charge < -0.3 is 15.2 Å². The predicted octanol–water partition coefficient (Wildman–Crippen LogP) is 1.60. The molecule has 0 amide bonds. The zero-order chi connectivity index (χ0) is 12.3. The zero-order valence-electron chi connectivity index (χ0n) is 10.5. The summed E-state index contributed by atoms with van der Waals surface area (Å²) in [4.78, 5) is 0. The SMILES string of the molecule is CC(CO)C(C)NCC1Cc2ccccc2O1. The number of aliphatic hydroxyl groups excluding tert-OH is 1. The summed E-state index contributed by atoms with van der Waals surface area (Å²) in [6, 6.07) is 8.51. The molecule has 1 aliphatic rings. The summed E-state index contributed by atoms with van der Waals surface area (Å²) in [5, 5.41) is 12.5. The summed E-state index contributed by atoms with van der Waals surface area (Å²) in [5.41, 5.74) is 1.29. The van der Waals surface area contributed by atoms with Gasteiger partial charge in [0.1, 0.15) is 11.9 Å². The Hall–Kier alpha value is -1.06. The molecule has 1 aliphatic heterocycles. The summed E-state index contributed by atoms with van der Waals surface area (Å²) >= 11 is 0. The van der Waals surface area contributed by atoms with Crippen molar-refractivity contribution in [3.05, 3.63) is 29.8 Å². The van der Waals surface area contributed by atoms with Gasteiger partial charge in [-0.15, -0.1) is 0 Å². The van der Waals surface area contributed by atoms with Crippen molar-refractivity contribution in [3.63, 3.8) is 0 Å². The number of hydrogen-bond donors (Lipinski definition) is 2. The van der Waals surface area contributed by atoms with Crippen molar-refractivity contribution in [2.24, 2.45) is 5.92 Å². The van der Waals surface area contributed by atoms with Gasteiger partial charge in [-0.25, -0.2) is 0 Å². The molecule has 0 radical (unpaired) electrons. The van der Waals surface area contributed by atoms with Crippen LogP contribution in [0.15, 0.2) is 24.3 Å². The Kier molecular flexibility index (Phi) is 4.02. The highest BCUT2D eigenvalue weighted by molar-refractivity contribution is 5.37. The van der Waals surface area contributed by atoms with Crippen molar-refractivity contribution in [2.45, 2.75) is 32.4 Å². The van der Waals surface area contributed by atoms with Crippen LogP contribution >= 0.6 is 0 Å². The number of hydrogen-bond acceptors (Lipinski definition) is 3. The van der Waals surface area contributed by atoms with Crippen LogP contribution in [0.25, 0.3) is 0 Å². The molecule has 1 aromatic carbocycles. The molecule has 2 N–H and O–H groups in total. The molecule has 0 aromatic heterocycles. The van der Waals surface area contributed by atoms with Crippen LogP contribution in [0.3, 0.4) is 0 Å². The van der Waals surface area contributed by atoms with Crippen molar-refractivity contribution in [1.82, 2.24) is 5.32 Å². The van der Waals surface area contributed by atoms with E-state index in [1.807, 2.05) is 19.1 Å². The lowest BCUT2D eigenvalue weighted by molar-refractivity contribution is 0.184. The Morgan fingerprint density at radius 1 is 1.41 bits per heavy atom. The average Bonchev–Trinajstić information content (AvgIpc) is 2.77. The van der Waals surface area contributed by atoms with E-state index in [1.54, 1.807) is 0 Å². The van der Waals surface area contributed by atoms with E-state index in [0.29, 0.717) is 6.04 Å². The lowest BCUT2D eigenvalue weighted by atomic mass is 10.0. The fourth-order valence-corrected chi connectivity index (χ4v) is 2.04. The van der Waals surface area contributed by atoms with Crippen LogP contribution in [0.1, 0.15) is 19.4 Å². The molecule has 3 atom stereocenters. The lowest BCUT2D eigenvalue weighted by Gasteiger charge is -2.21. The molecule has 3 nitrogen and oxygen atoms in total. The van der Waals surface area contributed by atoms with E-state index in [1.165, 1.54) is 5.56 Å². The second-order valence-electron chi connectivity index (χ2n) is 4.91. The molecule has 1 aromatic rings. The standard InChI is InChI=1S/C14H21NO2/c1-10(9-16)11(2)15-8-13-7-12-5-3-4-6-14(12)17-13/h3-6,10-11,13,15-16H,7-9H2,1-2H3. The van der Waals surface area contributed by atoms with Crippen LogP contribution in [0.5, 0.6) is 5.75 Å². The average molecular weight is 235 g/mol. The van der Waals surface area contributed by atoms with Gasteiger partial charge in [0.25, 0.3) is 0 Å². The maximum Gasteiger partial charge on any atom is 0.123 e. The Labute approximate surface area is 103 Å². The molecule has 0 aliphatic carbocycles. The Balaban J connectivity index is 1.80. The minimum absolute atomic E-state index is 0.222. The Morgan fingerprint density at radius 2 is 2.18 bits per heavy atom. The summed E-state index contributed by atoms with van der Waals surface area (Å²) in [5.74, 6) is 1.29. The monoisotopic (exact) mass is 235 g/mol. The highest BCUT2D eigenvalue weighted by atomic mass is 16.5. The van der Waals surface area contributed by atoms with Gasteiger partial charge in [-0.3, -0.25) is 0 Å². The first kappa shape index (κ1) is 12.4. The molecular weight excluding hydrogens is 214 g/mol. The number of nitrogens with one attached hydrogen (secondary N) is 1. The smallest absolute Gasteiger partial charge is 0.123 e. The van der Waals surface area contributed by atoms with Gasteiger partial charge in [-0.2, -0.15) is 0 Å². The molecule has 0 spiro atoms. The van der Waals surface area contributed by atoms with Gasteiger partial charge in [-0.1, -0.05) is 25.1 Å². The van der Waals surface area contributed by atoms with Crippen molar-refractivity contribution in [2.75, 3.05) is 13.2 Å². The first-order valence-electron chi connectivity index (χ1n) is 6.29. The molecule has 3 unspecified atom stereocenters. The number of aliphatic hydroxyl groups is 1. The van der Waals surface area contributed by atoms with Gasteiger partial charge in [0.2, 0.25) is 0 Å². The van der Waals surface area contributed by atoms with E-state index < -0.39 is 0 Å². The number of benzene rings is 1. The predicted molar refractivity (Wildman–Crippen MR) is 68.3 cm³/mol. The largest absolute Gasteiger partial charge is 0.488 e. The van der Waals surface area contributed by atoms with Gasteiger partial charge >= 0.3 is 0 Å². The second-order valence-corrected chi connectivity index (χ2v) is 4.91. The highest BCUT2D eigenvalue weighted by Gasteiger charge is 2.23. The normalized spacial score (nSPS) is 21.7. The molecule has 17 heavy (non-hydrogen) atoms. The fourth-order valence-electron chi connectivity index (χ4n) is 2.04. The first-order chi connectivity index (χ1) is 8.20. The zero-order valence-corrected chi connectivity index (χ0v) is 10.5. The van der Waals surface area contributed by atoms with Gasteiger partial charge in [0.05, 0.1) is 0 Å². The molecule has 0 saturated carbocycles. The molecule has 94 valence electrons. The molecule has 3 heteroatoms. The third-order valence-corrected chi connectivity index (χ3v) is 3.52. The first-order valence-corrected chi connectivity index (χ1v) is 6.29. The van der Waals surface area contributed by atoms with Crippen LogP contribution in [-0.2, 0) is 6.42 Å². The summed E-state index contributed by atoms with van der Waals surface area (Å²) in [6.07, 6.45) is 1.20. The minimum atomic E-state index is 0.222. The van der Waals surface area contributed by atoms with E-state index in [9.17, 15) is 0 Å². The quantitative estimate of drug-likeness (QED) is 0.814. The third kappa shape index (κ3) is 2.99. The lowest BCUT2D eigenvalue weighted by Crippen LogP contribution is -2.40. The van der Waals surface area contributed by atoms with Crippen molar-refractivity contribution in [1.29, 1.82) is 0 Å². The maximum atomic E-state index is 9.07. The summed E-state index contributed by atoms with van der Waals surface area (Å²) in [7, 11) is 0. The fraction of sp³-hybridized carbons (Fsp3) is 0.571. The van der Waals surface area contributed by atoms with E-state index in [4.69, 9.17) is 9.84 Å². The number of ether oxygens (including phenoxy) is 1. The van der Waals surface area contributed by atoms with Crippen LogP contribution in [0.2, 0.25) is 0 Å². The van der Waals surface area contributed by atoms with Crippen LogP contribution in [0, 0.1) is 5.92 Å². The summed E-state index contributed by atoms with van der Waals surface area (Å²) < 4.78 is 5.85. The molecule has 2 rings (SSSR count). The van der Waals surface area contributed by atoms with Gasteiger partial charge in [0.15, 0.2) is 0 Å². The highest BCUT2D eigenvalue weighted by Crippen LogP contribution is 2.27. The van der Waals surface area contributed by atoms with E-state index in [0.717, 1.165) is 18.7 Å². The Bertz CT molecular complexity index is 342. The number of fused-ring (bicyclic) bond motifs is 1. The van der Waals surface area contributed by atoms with Crippen LogP contribution in [0.4, 0.5) is 0 Å². The molecule has 0 bridgehead atoms. The second kappa shape index (κ2) is 5.52. The van der Waals surface area contributed by atoms with E-state index in [2.05, 4.69) is 24.4 Å². The summed E-state index contributed by atoms with van der Waals surface area (Å²) in [6.45, 7) is 5.20.